The smallest absolute Gasteiger partial charge is 0.261 e. The van der Waals surface area contributed by atoms with Crippen molar-refractivity contribution in [2.75, 3.05) is 34.5 Å². The maximum Gasteiger partial charge on any atom is 0.261 e. The number of amides is 1. The molecular formula is C27H34N2O5. The van der Waals surface area contributed by atoms with E-state index in [0.717, 1.165) is 18.4 Å². The van der Waals surface area contributed by atoms with Crippen molar-refractivity contribution in [1.82, 2.24) is 5.32 Å². The molecule has 0 bridgehead atoms. The quantitative estimate of drug-likeness (QED) is 0.241. The molecule has 2 rings (SSSR count). The van der Waals surface area contributed by atoms with Gasteiger partial charge >= 0.3 is 0 Å². The van der Waals surface area contributed by atoms with E-state index in [1.54, 1.807) is 45.6 Å². The largest absolute Gasteiger partial charge is 0.493 e. The van der Waals surface area contributed by atoms with Crippen LogP contribution in [-0.4, -0.2) is 40.4 Å². The molecule has 2 aromatic rings. The van der Waals surface area contributed by atoms with Crippen LogP contribution in [-0.2, 0) is 11.2 Å². The highest BCUT2D eigenvalue weighted by Crippen LogP contribution is 2.29. The fourth-order valence-corrected chi connectivity index (χ4v) is 3.37. The summed E-state index contributed by atoms with van der Waals surface area (Å²) in [6.45, 7) is 3.17. The Kier molecular flexibility index (Phi) is 11.3. The van der Waals surface area contributed by atoms with Crippen LogP contribution in [0.3, 0.4) is 0 Å². The second-order valence-electron chi connectivity index (χ2n) is 7.68. The van der Waals surface area contributed by atoms with Gasteiger partial charge in [-0.2, -0.15) is 5.26 Å². The topological polar surface area (TPSA) is 89.8 Å². The Labute approximate surface area is 202 Å². The molecule has 34 heavy (non-hydrogen) atoms. The fraction of sp³-hybridized carbons (Fsp3) is 0.407. The van der Waals surface area contributed by atoms with E-state index in [-0.39, 0.29) is 5.57 Å². The number of ether oxygens (including phenoxy) is 4. The molecule has 0 aliphatic carbocycles. The van der Waals surface area contributed by atoms with Gasteiger partial charge in [-0.3, -0.25) is 4.79 Å². The molecule has 0 heterocycles. The van der Waals surface area contributed by atoms with Crippen molar-refractivity contribution in [1.29, 1.82) is 5.26 Å². The summed E-state index contributed by atoms with van der Waals surface area (Å²) in [5, 5.41) is 12.3. The molecule has 1 amide bonds. The van der Waals surface area contributed by atoms with Crippen molar-refractivity contribution in [3.8, 4) is 29.1 Å². The monoisotopic (exact) mass is 466 g/mol. The van der Waals surface area contributed by atoms with Crippen LogP contribution < -0.4 is 24.3 Å². The molecule has 0 aliphatic rings. The first-order valence-corrected chi connectivity index (χ1v) is 11.5. The average molecular weight is 467 g/mol. The first kappa shape index (κ1) is 26.6. The number of hydrogen-bond donors (Lipinski definition) is 1. The van der Waals surface area contributed by atoms with Crippen LogP contribution in [0.5, 0.6) is 23.0 Å². The molecule has 1 N–H and O–H groups in total. The number of carbonyl (C=O) groups is 1. The standard InChI is InChI=1S/C27H34N2O5/c1-5-6-7-8-15-34-24-12-10-21(18-26(24)33-4)16-22(19-28)27(30)29-14-13-20-9-11-23(31-2)25(17-20)32-3/h9-12,16-18H,5-8,13-15H2,1-4H3,(H,29,30)/b22-16+. The molecule has 0 aliphatic heterocycles. The van der Waals surface area contributed by atoms with Gasteiger partial charge in [-0.25, -0.2) is 0 Å². The molecular weight excluding hydrogens is 432 g/mol. The number of unbranched alkanes of at least 4 members (excludes halogenated alkanes) is 3. The summed E-state index contributed by atoms with van der Waals surface area (Å²) in [5.74, 6) is 2.06. The van der Waals surface area contributed by atoms with Crippen LogP contribution in [0.25, 0.3) is 6.08 Å². The molecule has 0 spiro atoms. The molecule has 0 fully saturated rings. The highest BCUT2D eigenvalue weighted by Gasteiger charge is 2.11. The lowest BCUT2D eigenvalue weighted by molar-refractivity contribution is -0.117. The predicted molar refractivity (Wildman–Crippen MR) is 132 cm³/mol. The molecule has 0 unspecified atom stereocenters. The Morgan fingerprint density at radius 3 is 2.32 bits per heavy atom. The summed E-state index contributed by atoms with van der Waals surface area (Å²) in [5.41, 5.74) is 1.68. The first-order chi connectivity index (χ1) is 16.6. The highest BCUT2D eigenvalue weighted by atomic mass is 16.5. The van der Waals surface area contributed by atoms with E-state index in [4.69, 9.17) is 18.9 Å². The number of rotatable bonds is 14. The minimum absolute atomic E-state index is 0.0163. The Morgan fingerprint density at radius 2 is 1.65 bits per heavy atom. The SMILES string of the molecule is CCCCCCOc1ccc(/C=C(\C#N)C(=O)NCCc2ccc(OC)c(OC)c2)cc1OC. The number of carbonyl (C=O) groups excluding carboxylic acids is 1. The van der Waals surface area contributed by atoms with E-state index in [0.29, 0.717) is 48.1 Å². The molecule has 0 radical (unpaired) electrons. The number of nitrogens with one attached hydrogen (secondary N) is 1. The van der Waals surface area contributed by atoms with Gasteiger partial charge in [-0.1, -0.05) is 38.3 Å². The maximum absolute atomic E-state index is 12.5. The number of hydrogen-bond acceptors (Lipinski definition) is 6. The number of nitrogens with zero attached hydrogens (tertiary/aromatic N) is 1. The van der Waals surface area contributed by atoms with E-state index < -0.39 is 5.91 Å². The lowest BCUT2D eigenvalue weighted by Crippen LogP contribution is -2.26. The second-order valence-corrected chi connectivity index (χ2v) is 7.68. The summed E-state index contributed by atoms with van der Waals surface area (Å²) in [6.07, 6.45) is 6.61. The molecule has 0 atom stereocenters. The van der Waals surface area contributed by atoms with Gasteiger partial charge in [-0.05, 0) is 54.3 Å². The van der Waals surface area contributed by atoms with Crippen molar-refractivity contribution >= 4 is 12.0 Å². The van der Waals surface area contributed by atoms with E-state index in [2.05, 4.69) is 12.2 Å². The van der Waals surface area contributed by atoms with E-state index in [1.165, 1.54) is 12.8 Å². The van der Waals surface area contributed by atoms with Crippen molar-refractivity contribution in [2.45, 2.75) is 39.0 Å². The Balaban J connectivity index is 1.98. The lowest BCUT2D eigenvalue weighted by Gasteiger charge is -2.11. The normalized spacial score (nSPS) is 10.9. The zero-order valence-corrected chi connectivity index (χ0v) is 20.5. The van der Waals surface area contributed by atoms with Crippen LogP contribution in [0.4, 0.5) is 0 Å². The van der Waals surface area contributed by atoms with Gasteiger partial charge in [0.05, 0.1) is 27.9 Å². The third-order valence-corrected chi connectivity index (χ3v) is 5.27. The van der Waals surface area contributed by atoms with Crippen LogP contribution >= 0.6 is 0 Å². The molecule has 0 aromatic heterocycles. The average Bonchev–Trinajstić information content (AvgIpc) is 2.87. The van der Waals surface area contributed by atoms with Crippen molar-refractivity contribution in [3.05, 3.63) is 53.1 Å². The third kappa shape index (κ3) is 8.04. The fourth-order valence-electron chi connectivity index (χ4n) is 3.37. The molecule has 182 valence electrons. The van der Waals surface area contributed by atoms with Gasteiger partial charge in [0, 0.05) is 6.54 Å². The van der Waals surface area contributed by atoms with Gasteiger partial charge in [0.1, 0.15) is 11.6 Å². The number of benzene rings is 2. The summed E-state index contributed by atoms with van der Waals surface area (Å²) < 4.78 is 21.8. The number of nitriles is 1. The summed E-state index contributed by atoms with van der Waals surface area (Å²) in [6, 6.07) is 12.9. The summed E-state index contributed by atoms with van der Waals surface area (Å²) >= 11 is 0. The Hall–Kier alpha value is -3.66. The third-order valence-electron chi connectivity index (χ3n) is 5.27. The van der Waals surface area contributed by atoms with Crippen molar-refractivity contribution in [3.63, 3.8) is 0 Å². The molecule has 2 aromatic carbocycles. The van der Waals surface area contributed by atoms with Gasteiger partial charge in [0.15, 0.2) is 23.0 Å². The number of methoxy groups -OCH3 is 3. The van der Waals surface area contributed by atoms with Crippen LogP contribution in [0, 0.1) is 11.3 Å². The highest BCUT2D eigenvalue weighted by molar-refractivity contribution is 6.01. The van der Waals surface area contributed by atoms with Crippen LogP contribution in [0.1, 0.15) is 43.7 Å². The minimum atomic E-state index is -0.432. The van der Waals surface area contributed by atoms with Crippen molar-refractivity contribution in [2.24, 2.45) is 0 Å². The van der Waals surface area contributed by atoms with E-state index in [1.807, 2.05) is 24.3 Å². The zero-order valence-electron chi connectivity index (χ0n) is 20.5. The molecule has 7 heteroatoms. The van der Waals surface area contributed by atoms with Gasteiger partial charge in [-0.15, -0.1) is 0 Å². The summed E-state index contributed by atoms with van der Waals surface area (Å²) in [4.78, 5) is 12.5. The predicted octanol–water partition coefficient (Wildman–Crippen LogP) is 4.94. The zero-order chi connectivity index (χ0) is 24.8. The second kappa shape index (κ2) is 14.5. The molecule has 7 nitrogen and oxygen atoms in total. The van der Waals surface area contributed by atoms with Gasteiger partial charge in [0.25, 0.3) is 5.91 Å². The molecule has 0 saturated heterocycles. The van der Waals surface area contributed by atoms with Gasteiger partial charge in [0.2, 0.25) is 0 Å². The maximum atomic E-state index is 12.5. The van der Waals surface area contributed by atoms with Crippen molar-refractivity contribution < 1.29 is 23.7 Å². The van der Waals surface area contributed by atoms with E-state index >= 15 is 0 Å². The summed E-state index contributed by atoms with van der Waals surface area (Å²) in [7, 11) is 4.73. The Morgan fingerprint density at radius 1 is 0.941 bits per heavy atom. The minimum Gasteiger partial charge on any atom is -0.493 e. The van der Waals surface area contributed by atoms with Crippen LogP contribution in [0.15, 0.2) is 42.0 Å². The van der Waals surface area contributed by atoms with E-state index in [9.17, 15) is 10.1 Å². The van der Waals surface area contributed by atoms with Crippen LogP contribution in [0.2, 0.25) is 0 Å². The molecule has 0 saturated carbocycles. The Bertz CT molecular complexity index is 1010. The van der Waals surface area contributed by atoms with Gasteiger partial charge < -0.3 is 24.3 Å². The first-order valence-electron chi connectivity index (χ1n) is 11.5. The lowest BCUT2D eigenvalue weighted by atomic mass is 10.1.